The van der Waals surface area contributed by atoms with Crippen molar-refractivity contribution in [2.45, 2.75) is 41.1 Å². The van der Waals surface area contributed by atoms with E-state index in [-0.39, 0.29) is 9.33 Å². The van der Waals surface area contributed by atoms with Gasteiger partial charge in [0.25, 0.3) is 0 Å². The van der Waals surface area contributed by atoms with Crippen molar-refractivity contribution in [3.8, 4) is 0 Å². The number of rotatable bonds is 1. The van der Waals surface area contributed by atoms with E-state index in [0.717, 1.165) is 32.1 Å². The Kier molecular flexibility index (Phi) is 1.98. The Labute approximate surface area is 103 Å². The predicted octanol–water partition coefficient (Wildman–Crippen LogP) is 1.22. The quantitative estimate of drug-likeness (QED) is 0.563. The van der Waals surface area contributed by atoms with Gasteiger partial charge >= 0.3 is 0 Å². The fourth-order valence-electron chi connectivity index (χ4n) is 4.31. The summed E-state index contributed by atoms with van der Waals surface area (Å²) in [6, 6.07) is 0. The number of nitrogens with two attached hydrogens (primary N) is 1. The molecule has 2 unspecified atom stereocenters. The summed E-state index contributed by atoms with van der Waals surface area (Å²) in [7, 11) is 0. The van der Waals surface area contributed by atoms with Crippen LogP contribution in [0.1, 0.15) is 32.1 Å². The van der Waals surface area contributed by atoms with Gasteiger partial charge in [0, 0.05) is 0 Å². The molecule has 4 rings (SSSR count). The van der Waals surface area contributed by atoms with Crippen LogP contribution in [0.25, 0.3) is 0 Å². The van der Waals surface area contributed by atoms with E-state index in [0.29, 0.717) is 17.8 Å². The Bertz CT molecular complexity index is 315. The minimum atomic E-state index is -0.472. The summed E-state index contributed by atoms with van der Waals surface area (Å²) in [6.45, 7) is 0. The molecule has 84 valence electrons. The van der Waals surface area contributed by atoms with Crippen molar-refractivity contribution >= 4 is 28.5 Å². The third kappa shape index (κ3) is 1.24. The molecule has 1 amide bonds. The number of primary amides is 1. The van der Waals surface area contributed by atoms with Crippen molar-refractivity contribution in [2.75, 3.05) is 0 Å². The van der Waals surface area contributed by atoms with Crippen LogP contribution in [-0.4, -0.2) is 20.0 Å². The largest absolute Gasteiger partial charge is 0.390 e. The highest BCUT2D eigenvalue weighted by Crippen LogP contribution is 2.62. The van der Waals surface area contributed by atoms with Crippen LogP contribution in [0.5, 0.6) is 0 Å². The lowest BCUT2D eigenvalue weighted by atomic mass is 9.50. The zero-order valence-electron chi connectivity index (χ0n) is 8.58. The molecule has 4 fully saturated rings. The monoisotopic (exact) mass is 321 g/mol. The van der Waals surface area contributed by atoms with E-state index in [2.05, 4.69) is 22.6 Å². The van der Waals surface area contributed by atoms with Crippen molar-refractivity contribution in [2.24, 2.45) is 23.5 Å². The summed E-state index contributed by atoms with van der Waals surface area (Å²) in [5.74, 6) is 1.09. The van der Waals surface area contributed by atoms with E-state index in [9.17, 15) is 9.90 Å². The van der Waals surface area contributed by atoms with Crippen LogP contribution in [0.3, 0.4) is 0 Å². The molecule has 2 atom stereocenters. The molecular weight excluding hydrogens is 305 g/mol. The number of halogens is 1. The molecule has 0 spiro atoms. The number of hydrogen-bond donors (Lipinski definition) is 2. The first kappa shape index (κ1) is 10.3. The normalized spacial score (nSPS) is 57.1. The standard InChI is InChI=1S/C11H16INO2/c12-11(9(13)14)7-1-6-2-8(11)5-10(15,3-6)4-7/h6-8,15H,1-5H2,(H2,13,14). The van der Waals surface area contributed by atoms with Gasteiger partial charge in [0.15, 0.2) is 0 Å². The van der Waals surface area contributed by atoms with E-state index in [1.807, 2.05) is 0 Å². The van der Waals surface area contributed by atoms with Crippen LogP contribution in [-0.2, 0) is 4.79 Å². The average Bonchev–Trinajstić information content (AvgIpc) is 2.10. The summed E-state index contributed by atoms with van der Waals surface area (Å²) in [4.78, 5) is 11.6. The minimum Gasteiger partial charge on any atom is -0.390 e. The SMILES string of the molecule is NC(=O)C1(I)C2CC3CC1CC(O)(C3)C2. The maximum Gasteiger partial charge on any atom is 0.234 e. The molecule has 0 radical (unpaired) electrons. The molecule has 4 saturated carbocycles. The number of carbonyl (C=O) groups is 1. The highest BCUT2D eigenvalue weighted by molar-refractivity contribution is 14.1. The molecule has 0 aromatic carbocycles. The first-order valence-corrected chi connectivity index (χ1v) is 6.73. The highest BCUT2D eigenvalue weighted by atomic mass is 127. The number of amides is 1. The van der Waals surface area contributed by atoms with E-state index in [4.69, 9.17) is 5.73 Å². The number of alkyl halides is 1. The lowest BCUT2D eigenvalue weighted by Gasteiger charge is -2.60. The molecule has 0 heterocycles. The number of aliphatic hydroxyl groups is 1. The molecule has 4 aliphatic carbocycles. The maximum absolute atomic E-state index is 11.6. The number of carbonyl (C=O) groups excluding carboxylic acids is 1. The van der Waals surface area contributed by atoms with Gasteiger partial charge in [-0.3, -0.25) is 4.79 Å². The lowest BCUT2D eigenvalue weighted by Crippen LogP contribution is -2.65. The third-order valence-electron chi connectivity index (χ3n) is 4.72. The Morgan fingerprint density at radius 3 is 2.20 bits per heavy atom. The van der Waals surface area contributed by atoms with E-state index < -0.39 is 5.60 Å². The Morgan fingerprint density at radius 2 is 1.80 bits per heavy atom. The van der Waals surface area contributed by atoms with E-state index in [1.165, 1.54) is 0 Å². The van der Waals surface area contributed by atoms with Crippen LogP contribution < -0.4 is 5.73 Å². The number of hydrogen-bond acceptors (Lipinski definition) is 2. The second-order valence-electron chi connectivity index (χ2n) is 5.70. The van der Waals surface area contributed by atoms with E-state index in [1.54, 1.807) is 0 Å². The zero-order chi connectivity index (χ0) is 10.8. The van der Waals surface area contributed by atoms with Gasteiger partial charge in [0.2, 0.25) is 5.91 Å². The second kappa shape index (κ2) is 2.88. The first-order chi connectivity index (χ1) is 6.94. The molecule has 0 aromatic heterocycles. The van der Waals surface area contributed by atoms with Crippen LogP contribution in [0.15, 0.2) is 0 Å². The van der Waals surface area contributed by atoms with Gasteiger partial charge in [-0.25, -0.2) is 0 Å². The molecule has 15 heavy (non-hydrogen) atoms. The molecule has 4 bridgehead atoms. The summed E-state index contributed by atoms with van der Waals surface area (Å²) < 4.78 is -0.374. The van der Waals surface area contributed by atoms with Crippen LogP contribution in [0.4, 0.5) is 0 Å². The van der Waals surface area contributed by atoms with Crippen molar-refractivity contribution in [3.05, 3.63) is 0 Å². The minimum absolute atomic E-state index is 0.166. The van der Waals surface area contributed by atoms with Gasteiger partial charge in [0.05, 0.1) is 5.60 Å². The van der Waals surface area contributed by atoms with Crippen LogP contribution in [0.2, 0.25) is 0 Å². The summed E-state index contributed by atoms with van der Waals surface area (Å²) in [5, 5.41) is 10.4. The topological polar surface area (TPSA) is 63.3 Å². The molecular formula is C11H16INO2. The molecule has 4 aliphatic rings. The fourth-order valence-corrected chi connectivity index (χ4v) is 5.26. The lowest BCUT2D eigenvalue weighted by molar-refractivity contribution is -0.152. The van der Waals surface area contributed by atoms with Crippen LogP contribution in [0, 0.1) is 17.8 Å². The summed E-state index contributed by atoms with van der Waals surface area (Å²) in [6.07, 6.45) is 4.69. The Balaban J connectivity index is 2.01. The Hall–Kier alpha value is 0.160. The smallest absolute Gasteiger partial charge is 0.234 e. The molecule has 3 N–H and O–H groups in total. The predicted molar refractivity (Wildman–Crippen MR) is 64.5 cm³/mol. The van der Waals surface area contributed by atoms with Crippen LogP contribution >= 0.6 is 22.6 Å². The van der Waals surface area contributed by atoms with Crippen molar-refractivity contribution in [1.82, 2.24) is 0 Å². The van der Waals surface area contributed by atoms with Gasteiger partial charge in [-0.05, 0) is 49.9 Å². The zero-order valence-corrected chi connectivity index (χ0v) is 10.7. The van der Waals surface area contributed by atoms with Gasteiger partial charge in [-0.15, -0.1) is 0 Å². The Morgan fingerprint density at radius 1 is 1.27 bits per heavy atom. The van der Waals surface area contributed by atoms with Gasteiger partial charge < -0.3 is 10.8 Å². The third-order valence-corrected chi connectivity index (χ3v) is 7.02. The van der Waals surface area contributed by atoms with Gasteiger partial charge in [-0.1, -0.05) is 22.6 Å². The maximum atomic E-state index is 11.6. The molecule has 4 heteroatoms. The van der Waals surface area contributed by atoms with Gasteiger partial charge in [0.1, 0.15) is 3.42 Å². The molecule has 0 aromatic rings. The summed E-state index contributed by atoms with van der Waals surface area (Å²) >= 11 is 2.27. The second-order valence-corrected chi connectivity index (χ2v) is 7.49. The van der Waals surface area contributed by atoms with Crippen molar-refractivity contribution < 1.29 is 9.90 Å². The summed E-state index contributed by atoms with van der Waals surface area (Å²) in [5.41, 5.74) is 5.10. The van der Waals surface area contributed by atoms with E-state index >= 15 is 0 Å². The first-order valence-electron chi connectivity index (χ1n) is 5.65. The van der Waals surface area contributed by atoms with Crippen molar-refractivity contribution in [3.63, 3.8) is 0 Å². The molecule has 0 saturated heterocycles. The molecule has 0 aliphatic heterocycles. The van der Waals surface area contributed by atoms with Crippen molar-refractivity contribution in [1.29, 1.82) is 0 Å². The molecule has 3 nitrogen and oxygen atoms in total. The average molecular weight is 321 g/mol. The highest BCUT2D eigenvalue weighted by Gasteiger charge is 2.63. The van der Waals surface area contributed by atoms with Gasteiger partial charge in [-0.2, -0.15) is 0 Å². The fraction of sp³-hybridized carbons (Fsp3) is 0.909.